The number of alkyl halides is 3. The molecule has 0 bridgehead atoms. The van der Waals surface area contributed by atoms with Crippen molar-refractivity contribution in [3.05, 3.63) is 57.6 Å². The van der Waals surface area contributed by atoms with Gasteiger partial charge < -0.3 is 10.6 Å². The third kappa shape index (κ3) is 5.68. The molecule has 166 valence electrons. The molecule has 3 rings (SSSR count). The van der Waals surface area contributed by atoms with Gasteiger partial charge in [-0.2, -0.15) is 0 Å². The van der Waals surface area contributed by atoms with Crippen LogP contribution in [0.5, 0.6) is 0 Å². The quantitative estimate of drug-likeness (QED) is 0.447. The molecule has 0 saturated heterocycles. The topological polar surface area (TPSA) is 58.2 Å². The summed E-state index contributed by atoms with van der Waals surface area (Å²) < 4.78 is 26.3. The molecule has 31 heavy (non-hydrogen) atoms. The van der Waals surface area contributed by atoms with Gasteiger partial charge in [-0.15, -0.1) is 11.6 Å². The summed E-state index contributed by atoms with van der Waals surface area (Å²) in [7, 11) is 0. The van der Waals surface area contributed by atoms with Crippen molar-refractivity contribution >= 4 is 58.0 Å². The van der Waals surface area contributed by atoms with E-state index in [0.29, 0.717) is 16.3 Å². The minimum absolute atomic E-state index is 0.132. The van der Waals surface area contributed by atoms with Crippen LogP contribution in [0.3, 0.4) is 0 Å². The van der Waals surface area contributed by atoms with Crippen molar-refractivity contribution in [3.8, 4) is 0 Å². The SMILES string of the molecule is Cc1cc(Cl)cc(C(C(=O)Nc2ccc(Cl)c(NC(=O)C3CC3(F)F)c2)C(C)(C)Cl)c1. The van der Waals surface area contributed by atoms with E-state index in [0.717, 1.165) is 5.56 Å². The average molecular weight is 490 g/mol. The van der Waals surface area contributed by atoms with Gasteiger partial charge in [-0.3, -0.25) is 9.59 Å². The molecule has 2 aromatic carbocycles. The van der Waals surface area contributed by atoms with Gasteiger partial charge in [0.2, 0.25) is 11.8 Å². The molecular formula is C22H21Cl3F2N2O2. The molecule has 0 aliphatic heterocycles. The molecule has 4 nitrogen and oxygen atoms in total. The number of carbonyl (C=O) groups is 2. The van der Waals surface area contributed by atoms with E-state index in [1.54, 1.807) is 32.0 Å². The number of anilines is 2. The highest BCUT2D eigenvalue weighted by molar-refractivity contribution is 6.34. The summed E-state index contributed by atoms with van der Waals surface area (Å²) >= 11 is 18.8. The maximum absolute atomic E-state index is 13.1. The van der Waals surface area contributed by atoms with Gasteiger partial charge in [-0.1, -0.05) is 29.3 Å². The van der Waals surface area contributed by atoms with E-state index in [4.69, 9.17) is 34.8 Å². The van der Waals surface area contributed by atoms with Crippen molar-refractivity contribution in [2.75, 3.05) is 10.6 Å². The van der Waals surface area contributed by atoms with E-state index in [9.17, 15) is 18.4 Å². The fraction of sp³-hybridized carbons (Fsp3) is 0.364. The van der Waals surface area contributed by atoms with Crippen molar-refractivity contribution in [1.29, 1.82) is 0 Å². The van der Waals surface area contributed by atoms with Gasteiger partial charge in [-0.05, 0) is 62.2 Å². The van der Waals surface area contributed by atoms with Crippen LogP contribution in [0.2, 0.25) is 10.0 Å². The van der Waals surface area contributed by atoms with Crippen molar-refractivity contribution in [2.45, 2.75) is 43.9 Å². The average Bonchev–Trinajstić information content (AvgIpc) is 3.24. The monoisotopic (exact) mass is 488 g/mol. The molecule has 2 aromatic rings. The molecule has 2 amide bonds. The van der Waals surface area contributed by atoms with Crippen molar-refractivity contribution in [3.63, 3.8) is 0 Å². The third-order valence-corrected chi connectivity index (χ3v) is 5.75. The molecule has 1 aliphatic rings. The molecule has 0 heterocycles. The van der Waals surface area contributed by atoms with Crippen LogP contribution in [0.4, 0.5) is 20.2 Å². The summed E-state index contributed by atoms with van der Waals surface area (Å²) in [5, 5.41) is 5.82. The highest BCUT2D eigenvalue weighted by atomic mass is 35.5. The summed E-state index contributed by atoms with van der Waals surface area (Å²) in [4.78, 5) is 24.2. The molecule has 1 fully saturated rings. The second-order valence-electron chi connectivity index (χ2n) is 8.25. The number of nitrogens with one attached hydrogen (secondary N) is 2. The molecule has 2 unspecified atom stereocenters. The Balaban J connectivity index is 1.83. The molecule has 2 atom stereocenters. The first-order valence-electron chi connectivity index (χ1n) is 9.53. The van der Waals surface area contributed by atoms with E-state index in [1.165, 1.54) is 12.1 Å². The van der Waals surface area contributed by atoms with E-state index in [-0.39, 0.29) is 10.7 Å². The van der Waals surface area contributed by atoms with Crippen LogP contribution in [-0.2, 0) is 9.59 Å². The van der Waals surface area contributed by atoms with Gasteiger partial charge in [0.25, 0.3) is 5.92 Å². The Hall–Kier alpha value is -1.89. The Morgan fingerprint density at radius 3 is 2.32 bits per heavy atom. The van der Waals surface area contributed by atoms with Gasteiger partial charge >= 0.3 is 0 Å². The molecular weight excluding hydrogens is 469 g/mol. The molecule has 0 aromatic heterocycles. The lowest BCUT2D eigenvalue weighted by atomic mass is 9.86. The number of hydrogen-bond acceptors (Lipinski definition) is 2. The van der Waals surface area contributed by atoms with Crippen molar-refractivity contribution in [1.82, 2.24) is 0 Å². The first-order valence-corrected chi connectivity index (χ1v) is 10.7. The summed E-state index contributed by atoms with van der Waals surface area (Å²) in [6, 6.07) is 9.72. The van der Waals surface area contributed by atoms with Crippen LogP contribution in [0.25, 0.3) is 0 Å². The fourth-order valence-corrected chi connectivity index (χ4v) is 4.11. The molecule has 2 N–H and O–H groups in total. The van der Waals surface area contributed by atoms with Crippen molar-refractivity contribution in [2.24, 2.45) is 5.92 Å². The summed E-state index contributed by atoms with van der Waals surface area (Å²) in [5.41, 5.74) is 2.00. The smallest absolute Gasteiger partial charge is 0.260 e. The maximum Gasteiger partial charge on any atom is 0.260 e. The number of halogens is 5. The van der Waals surface area contributed by atoms with Gasteiger partial charge in [0.15, 0.2) is 0 Å². The van der Waals surface area contributed by atoms with E-state index < -0.39 is 40.9 Å². The van der Waals surface area contributed by atoms with Crippen LogP contribution in [-0.4, -0.2) is 22.6 Å². The fourth-order valence-electron chi connectivity index (χ4n) is 3.42. The van der Waals surface area contributed by atoms with Crippen LogP contribution < -0.4 is 10.6 Å². The molecule has 1 saturated carbocycles. The zero-order valence-corrected chi connectivity index (χ0v) is 19.3. The number of benzene rings is 2. The van der Waals surface area contributed by atoms with E-state index >= 15 is 0 Å². The molecule has 9 heteroatoms. The molecule has 0 radical (unpaired) electrons. The highest BCUT2D eigenvalue weighted by Crippen LogP contribution is 2.49. The predicted octanol–water partition coefficient (Wildman–Crippen LogP) is 6.64. The third-order valence-electron chi connectivity index (χ3n) is 4.98. The van der Waals surface area contributed by atoms with Crippen LogP contribution in [0, 0.1) is 12.8 Å². The van der Waals surface area contributed by atoms with Gasteiger partial charge in [0.1, 0.15) is 5.92 Å². The Kier molecular flexibility index (Phi) is 6.57. The normalized spacial score (nSPS) is 18.3. The highest BCUT2D eigenvalue weighted by Gasteiger charge is 2.61. The summed E-state index contributed by atoms with van der Waals surface area (Å²) in [5.74, 6) is -6.31. The first kappa shape index (κ1) is 23.8. The number of carbonyl (C=O) groups excluding carboxylic acids is 2. The zero-order valence-electron chi connectivity index (χ0n) is 17.0. The summed E-state index contributed by atoms with van der Waals surface area (Å²) in [6.07, 6.45) is -0.488. The number of aryl methyl sites for hydroxylation is 1. The lowest BCUT2D eigenvalue weighted by Gasteiger charge is -2.28. The predicted molar refractivity (Wildman–Crippen MR) is 121 cm³/mol. The largest absolute Gasteiger partial charge is 0.325 e. The Morgan fingerprint density at radius 1 is 1.13 bits per heavy atom. The Bertz CT molecular complexity index is 1020. The second-order valence-corrected chi connectivity index (χ2v) is 10.1. The lowest BCUT2D eigenvalue weighted by molar-refractivity contribution is -0.119. The lowest BCUT2D eigenvalue weighted by Crippen LogP contribution is -2.34. The van der Waals surface area contributed by atoms with E-state index in [1.807, 2.05) is 13.0 Å². The van der Waals surface area contributed by atoms with Crippen LogP contribution in [0.15, 0.2) is 36.4 Å². The van der Waals surface area contributed by atoms with E-state index in [2.05, 4.69) is 10.6 Å². The number of amides is 2. The minimum Gasteiger partial charge on any atom is -0.325 e. The van der Waals surface area contributed by atoms with Crippen LogP contribution in [0.1, 0.15) is 37.3 Å². The zero-order chi connectivity index (χ0) is 23.1. The number of hydrogen-bond donors (Lipinski definition) is 2. The van der Waals surface area contributed by atoms with Crippen LogP contribution >= 0.6 is 34.8 Å². The second kappa shape index (κ2) is 8.57. The summed E-state index contributed by atoms with van der Waals surface area (Å²) in [6.45, 7) is 5.31. The Labute approximate surface area is 194 Å². The minimum atomic E-state index is -2.99. The van der Waals surface area contributed by atoms with Gasteiger partial charge in [0, 0.05) is 17.1 Å². The maximum atomic E-state index is 13.1. The Morgan fingerprint density at radius 2 is 1.77 bits per heavy atom. The first-order chi connectivity index (χ1) is 14.3. The van der Waals surface area contributed by atoms with Crippen molar-refractivity contribution < 1.29 is 18.4 Å². The van der Waals surface area contributed by atoms with Gasteiger partial charge in [0.05, 0.1) is 21.5 Å². The number of rotatable bonds is 6. The molecule has 1 aliphatic carbocycles. The molecule has 0 spiro atoms. The standard InChI is InChI=1S/C22H21Cl3F2N2O2/c1-11-6-12(8-13(23)7-11)18(21(2,3)25)20(31)28-14-4-5-16(24)17(9-14)29-19(30)15-10-22(15,26)27/h4-9,15,18H,10H2,1-3H3,(H,28,31)(H,29,30). The van der Waals surface area contributed by atoms with Gasteiger partial charge in [-0.25, -0.2) is 8.78 Å².